The van der Waals surface area contributed by atoms with E-state index in [1.54, 1.807) is 23.1 Å². The van der Waals surface area contributed by atoms with Gasteiger partial charge in [0.05, 0.1) is 34.7 Å². The van der Waals surface area contributed by atoms with Crippen LogP contribution in [0, 0.1) is 13.8 Å². The highest BCUT2D eigenvalue weighted by molar-refractivity contribution is 7.98. The van der Waals surface area contributed by atoms with Crippen LogP contribution in [-0.2, 0) is 10.5 Å². The standard InChI is InChI=1S/C24H24N4O3S2/c1-15-19(16(2)31-27-15)14-32-21-6-4-3-5-18(21)23(29)25-17-7-8-20-22(13-17)33-24(26-20)28-9-11-30-12-10-28/h3-8,13H,9-12,14H2,1-2H3,(H,25,29). The predicted molar refractivity (Wildman–Crippen MR) is 133 cm³/mol. The third-order valence-electron chi connectivity index (χ3n) is 5.60. The summed E-state index contributed by atoms with van der Waals surface area (Å²) in [7, 11) is 0. The summed E-state index contributed by atoms with van der Waals surface area (Å²) in [5.41, 5.74) is 4.30. The number of nitrogens with one attached hydrogen (secondary N) is 1. The lowest BCUT2D eigenvalue weighted by atomic mass is 10.2. The number of thiazole rings is 1. The summed E-state index contributed by atoms with van der Waals surface area (Å²) in [5.74, 6) is 1.38. The second-order valence-corrected chi connectivity index (χ2v) is 9.85. The fourth-order valence-corrected chi connectivity index (χ4v) is 5.98. The zero-order valence-electron chi connectivity index (χ0n) is 18.5. The monoisotopic (exact) mass is 480 g/mol. The van der Waals surface area contributed by atoms with Crippen LogP contribution < -0.4 is 10.2 Å². The molecular formula is C24H24N4O3S2. The molecule has 1 N–H and O–H groups in total. The number of aryl methyl sites for hydroxylation is 2. The average Bonchev–Trinajstić information content (AvgIpc) is 3.41. The normalized spacial score (nSPS) is 14.1. The van der Waals surface area contributed by atoms with Crippen LogP contribution in [0.5, 0.6) is 0 Å². The Morgan fingerprint density at radius 3 is 2.79 bits per heavy atom. The number of morpholine rings is 1. The molecule has 4 aromatic rings. The summed E-state index contributed by atoms with van der Waals surface area (Å²) < 4.78 is 11.7. The van der Waals surface area contributed by atoms with Crippen molar-refractivity contribution in [3.63, 3.8) is 0 Å². The number of ether oxygens (including phenoxy) is 1. The first-order chi connectivity index (χ1) is 16.1. The number of fused-ring (bicyclic) bond motifs is 1. The largest absolute Gasteiger partial charge is 0.378 e. The first-order valence-electron chi connectivity index (χ1n) is 10.8. The van der Waals surface area contributed by atoms with Crippen molar-refractivity contribution in [3.05, 3.63) is 65.0 Å². The molecule has 1 saturated heterocycles. The molecule has 0 spiro atoms. The highest BCUT2D eigenvalue weighted by Gasteiger charge is 2.17. The molecule has 0 atom stereocenters. The van der Waals surface area contributed by atoms with Gasteiger partial charge in [0, 0.05) is 35.0 Å². The number of benzene rings is 2. The van der Waals surface area contributed by atoms with Crippen LogP contribution >= 0.6 is 23.1 Å². The van der Waals surface area contributed by atoms with Crippen molar-refractivity contribution in [2.24, 2.45) is 0 Å². The van der Waals surface area contributed by atoms with Gasteiger partial charge in [-0.1, -0.05) is 28.6 Å². The van der Waals surface area contributed by atoms with Gasteiger partial charge in [-0.3, -0.25) is 4.79 Å². The number of anilines is 2. The van der Waals surface area contributed by atoms with Crippen molar-refractivity contribution in [1.29, 1.82) is 0 Å². The number of thioether (sulfide) groups is 1. The van der Waals surface area contributed by atoms with Crippen LogP contribution in [0.1, 0.15) is 27.4 Å². The Balaban J connectivity index is 1.32. The third-order valence-corrected chi connectivity index (χ3v) is 7.78. The molecule has 0 bridgehead atoms. The lowest BCUT2D eigenvalue weighted by Gasteiger charge is -2.25. The van der Waals surface area contributed by atoms with E-state index >= 15 is 0 Å². The highest BCUT2D eigenvalue weighted by atomic mass is 32.2. The van der Waals surface area contributed by atoms with E-state index in [1.165, 1.54) is 0 Å². The number of aromatic nitrogens is 2. The van der Waals surface area contributed by atoms with Crippen LogP contribution in [-0.4, -0.2) is 42.4 Å². The van der Waals surface area contributed by atoms with Crippen molar-refractivity contribution in [2.75, 3.05) is 36.5 Å². The molecule has 2 aromatic heterocycles. The van der Waals surface area contributed by atoms with E-state index < -0.39 is 0 Å². The van der Waals surface area contributed by atoms with E-state index in [4.69, 9.17) is 14.2 Å². The smallest absolute Gasteiger partial charge is 0.256 e. The predicted octanol–water partition coefficient (Wildman–Crippen LogP) is 5.28. The maximum atomic E-state index is 13.1. The summed E-state index contributed by atoms with van der Waals surface area (Å²) >= 11 is 3.25. The minimum absolute atomic E-state index is 0.130. The highest BCUT2D eigenvalue weighted by Crippen LogP contribution is 2.32. The van der Waals surface area contributed by atoms with Crippen LogP contribution in [0.2, 0.25) is 0 Å². The van der Waals surface area contributed by atoms with Gasteiger partial charge in [-0.05, 0) is 44.2 Å². The molecule has 2 aromatic carbocycles. The Morgan fingerprint density at radius 2 is 2.00 bits per heavy atom. The minimum atomic E-state index is -0.130. The van der Waals surface area contributed by atoms with Crippen LogP contribution in [0.15, 0.2) is 51.9 Å². The number of carbonyl (C=O) groups excluding carboxylic acids is 1. The van der Waals surface area contributed by atoms with Gasteiger partial charge >= 0.3 is 0 Å². The van der Waals surface area contributed by atoms with E-state index in [1.807, 2.05) is 56.3 Å². The quantitative estimate of drug-likeness (QED) is 0.376. The number of rotatable bonds is 6. The molecule has 0 aliphatic carbocycles. The summed E-state index contributed by atoms with van der Waals surface area (Å²) in [5, 5.41) is 8.07. The molecule has 9 heteroatoms. The Hall–Kier alpha value is -2.88. The number of nitrogens with zero attached hydrogens (tertiary/aromatic N) is 3. The van der Waals surface area contributed by atoms with Crippen LogP contribution in [0.3, 0.4) is 0 Å². The summed E-state index contributed by atoms with van der Waals surface area (Å²) in [6.45, 7) is 7.01. The Morgan fingerprint density at radius 1 is 1.18 bits per heavy atom. The minimum Gasteiger partial charge on any atom is -0.378 e. The Kier molecular flexibility index (Phi) is 6.34. The first kappa shape index (κ1) is 21.9. The lowest BCUT2D eigenvalue weighted by molar-refractivity contribution is 0.102. The van der Waals surface area contributed by atoms with Gasteiger partial charge in [0.2, 0.25) is 0 Å². The van der Waals surface area contributed by atoms with Gasteiger partial charge < -0.3 is 19.5 Å². The summed E-state index contributed by atoms with van der Waals surface area (Å²) in [6.07, 6.45) is 0. The fraction of sp³-hybridized carbons (Fsp3) is 0.292. The third kappa shape index (κ3) is 4.75. The van der Waals surface area contributed by atoms with Gasteiger partial charge in [-0.15, -0.1) is 11.8 Å². The van der Waals surface area contributed by atoms with E-state index in [-0.39, 0.29) is 5.91 Å². The molecule has 1 amide bonds. The molecule has 5 rings (SSSR count). The number of carbonyl (C=O) groups is 1. The van der Waals surface area contributed by atoms with E-state index in [0.29, 0.717) is 11.3 Å². The van der Waals surface area contributed by atoms with E-state index in [2.05, 4.69) is 15.4 Å². The average molecular weight is 481 g/mol. The van der Waals surface area contributed by atoms with Crippen molar-refractivity contribution >= 4 is 50.0 Å². The molecule has 1 aliphatic rings. The SMILES string of the molecule is Cc1noc(C)c1CSc1ccccc1C(=O)Nc1ccc2nc(N3CCOCC3)sc2c1. The number of hydrogen-bond acceptors (Lipinski definition) is 8. The zero-order chi connectivity index (χ0) is 22.8. The molecule has 7 nitrogen and oxygen atoms in total. The molecule has 3 heterocycles. The van der Waals surface area contributed by atoms with Gasteiger partial charge in [0.15, 0.2) is 5.13 Å². The van der Waals surface area contributed by atoms with Crippen molar-refractivity contribution in [2.45, 2.75) is 24.5 Å². The lowest BCUT2D eigenvalue weighted by Crippen LogP contribution is -2.36. The van der Waals surface area contributed by atoms with Gasteiger partial charge in [-0.25, -0.2) is 4.98 Å². The fourth-order valence-electron chi connectivity index (χ4n) is 3.72. The zero-order valence-corrected chi connectivity index (χ0v) is 20.1. The van der Waals surface area contributed by atoms with Crippen molar-refractivity contribution in [3.8, 4) is 0 Å². The molecule has 0 unspecified atom stereocenters. The first-order valence-corrected chi connectivity index (χ1v) is 12.6. The molecular weight excluding hydrogens is 456 g/mol. The van der Waals surface area contributed by atoms with Crippen LogP contribution in [0.25, 0.3) is 10.2 Å². The number of hydrogen-bond donors (Lipinski definition) is 1. The second kappa shape index (κ2) is 9.54. The second-order valence-electron chi connectivity index (χ2n) is 7.82. The Labute approximate surface area is 200 Å². The van der Waals surface area contributed by atoms with Crippen LogP contribution in [0.4, 0.5) is 10.8 Å². The van der Waals surface area contributed by atoms with E-state index in [9.17, 15) is 4.79 Å². The van der Waals surface area contributed by atoms with Gasteiger partial charge in [-0.2, -0.15) is 0 Å². The summed E-state index contributed by atoms with van der Waals surface area (Å²) in [4.78, 5) is 21.0. The molecule has 1 fully saturated rings. The molecule has 1 aliphatic heterocycles. The molecule has 33 heavy (non-hydrogen) atoms. The van der Waals surface area contributed by atoms with Gasteiger partial charge in [0.1, 0.15) is 5.76 Å². The maximum Gasteiger partial charge on any atom is 0.256 e. The molecule has 170 valence electrons. The summed E-state index contributed by atoms with van der Waals surface area (Å²) in [6, 6.07) is 13.5. The van der Waals surface area contributed by atoms with Gasteiger partial charge in [0.25, 0.3) is 5.91 Å². The molecule has 0 radical (unpaired) electrons. The number of amides is 1. The van der Waals surface area contributed by atoms with Crippen molar-refractivity contribution in [1.82, 2.24) is 10.1 Å². The molecule has 0 saturated carbocycles. The maximum absolute atomic E-state index is 13.1. The van der Waals surface area contributed by atoms with E-state index in [0.717, 1.165) is 69.3 Å². The topological polar surface area (TPSA) is 80.5 Å². The Bertz CT molecular complexity index is 1270. The van der Waals surface area contributed by atoms with Crippen molar-refractivity contribution < 1.29 is 14.1 Å².